The molecule has 2 amide bonds. The maximum absolute atomic E-state index is 14.0. The van der Waals surface area contributed by atoms with Crippen molar-refractivity contribution in [3.8, 4) is 0 Å². The maximum Gasteiger partial charge on any atom is 0.227 e. The second-order valence-electron chi connectivity index (χ2n) is 7.73. The van der Waals surface area contributed by atoms with Crippen LogP contribution >= 0.6 is 0 Å². The summed E-state index contributed by atoms with van der Waals surface area (Å²) < 4.78 is 19.4. The third-order valence-electron chi connectivity index (χ3n) is 5.71. The first-order valence-electron chi connectivity index (χ1n) is 10.3. The van der Waals surface area contributed by atoms with Crippen LogP contribution in [0.2, 0.25) is 0 Å². The highest BCUT2D eigenvalue weighted by Gasteiger charge is 2.36. The Balaban J connectivity index is 1.36. The zero-order valence-electron chi connectivity index (χ0n) is 16.9. The summed E-state index contributed by atoms with van der Waals surface area (Å²) in [6, 6.07) is 14.2. The van der Waals surface area contributed by atoms with Crippen molar-refractivity contribution in [2.24, 2.45) is 5.92 Å². The molecule has 158 valence electrons. The first-order chi connectivity index (χ1) is 14.6. The van der Waals surface area contributed by atoms with Gasteiger partial charge in [-0.1, -0.05) is 36.4 Å². The van der Waals surface area contributed by atoms with Gasteiger partial charge in [0.25, 0.3) is 0 Å². The fourth-order valence-electron chi connectivity index (χ4n) is 4.00. The molecule has 2 aliphatic rings. The third-order valence-corrected chi connectivity index (χ3v) is 5.71. The minimum Gasteiger partial charge on any atom is -0.379 e. The van der Waals surface area contributed by atoms with Crippen molar-refractivity contribution in [3.63, 3.8) is 0 Å². The van der Waals surface area contributed by atoms with Gasteiger partial charge in [0.2, 0.25) is 11.8 Å². The SMILES string of the molecule is O=C(NCc1ccccc1CN1CCOCC1)[C@@H]1CC(=O)N(c2ccccc2F)C1. The smallest absolute Gasteiger partial charge is 0.227 e. The van der Waals surface area contributed by atoms with Gasteiger partial charge in [-0.15, -0.1) is 0 Å². The quantitative estimate of drug-likeness (QED) is 0.793. The predicted molar refractivity (Wildman–Crippen MR) is 111 cm³/mol. The Bertz CT molecular complexity index is 914. The molecule has 0 bridgehead atoms. The van der Waals surface area contributed by atoms with E-state index in [-0.39, 0.29) is 30.5 Å². The van der Waals surface area contributed by atoms with E-state index in [1.165, 1.54) is 16.5 Å². The van der Waals surface area contributed by atoms with Gasteiger partial charge in [-0.2, -0.15) is 0 Å². The molecule has 0 saturated carbocycles. The van der Waals surface area contributed by atoms with E-state index in [4.69, 9.17) is 4.74 Å². The predicted octanol–water partition coefficient (Wildman–Crippen LogP) is 2.33. The van der Waals surface area contributed by atoms with Gasteiger partial charge in [-0.05, 0) is 23.3 Å². The number of hydrogen-bond donors (Lipinski definition) is 1. The maximum atomic E-state index is 14.0. The molecule has 6 nitrogen and oxygen atoms in total. The Morgan fingerprint density at radius 2 is 1.77 bits per heavy atom. The van der Waals surface area contributed by atoms with Crippen molar-refractivity contribution < 1.29 is 18.7 Å². The first-order valence-corrected chi connectivity index (χ1v) is 10.3. The van der Waals surface area contributed by atoms with Crippen LogP contribution in [0.1, 0.15) is 17.5 Å². The molecule has 1 atom stereocenters. The number of nitrogens with zero attached hydrogens (tertiary/aromatic N) is 2. The fourth-order valence-corrected chi connectivity index (χ4v) is 4.00. The van der Waals surface area contributed by atoms with Crippen molar-refractivity contribution in [2.45, 2.75) is 19.5 Å². The van der Waals surface area contributed by atoms with Crippen molar-refractivity contribution in [3.05, 3.63) is 65.5 Å². The summed E-state index contributed by atoms with van der Waals surface area (Å²) in [5.74, 6) is -1.34. The average Bonchev–Trinajstić information content (AvgIpc) is 3.15. The number of anilines is 1. The van der Waals surface area contributed by atoms with E-state index < -0.39 is 11.7 Å². The summed E-state index contributed by atoms with van der Waals surface area (Å²) >= 11 is 0. The lowest BCUT2D eigenvalue weighted by Crippen LogP contribution is -2.36. The third kappa shape index (κ3) is 4.68. The van der Waals surface area contributed by atoms with Crippen LogP contribution in [0.25, 0.3) is 0 Å². The normalized spacial score (nSPS) is 19.8. The van der Waals surface area contributed by atoms with Gasteiger partial charge >= 0.3 is 0 Å². The second kappa shape index (κ2) is 9.36. The van der Waals surface area contributed by atoms with Gasteiger partial charge in [0.05, 0.1) is 24.8 Å². The molecule has 0 aliphatic carbocycles. The summed E-state index contributed by atoms with van der Waals surface area (Å²) in [6.07, 6.45) is 0.0928. The first kappa shape index (κ1) is 20.5. The van der Waals surface area contributed by atoms with Gasteiger partial charge in [0, 0.05) is 39.1 Å². The monoisotopic (exact) mass is 411 g/mol. The zero-order valence-corrected chi connectivity index (χ0v) is 16.9. The Morgan fingerprint density at radius 1 is 1.07 bits per heavy atom. The minimum atomic E-state index is -0.483. The van der Waals surface area contributed by atoms with E-state index in [1.54, 1.807) is 18.2 Å². The van der Waals surface area contributed by atoms with Gasteiger partial charge in [-0.3, -0.25) is 14.5 Å². The Hall–Kier alpha value is -2.77. The van der Waals surface area contributed by atoms with Crippen LogP contribution in [0, 0.1) is 11.7 Å². The molecule has 0 radical (unpaired) electrons. The Kier molecular flexibility index (Phi) is 6.40. The summed E-state index contributed by atoms with van der Waals surface area (Å²) in [4.78, 5) is 28.8. The van der Waals surface area contributed by atoms with Crippen LogP contribution in [-0.2, 0) is 27.4 Å². The highest BCUT2D eigenvalue weighted by atomic mass is 19.1. The molecule has 0 unspecified atom stereocenters. The van der Waals surface area contributed by atoms with Gasteiger partial charge in [-0.25, -0.2) is 4.39 Å². The lowest BCUT2D eigenvalue weighted by molar-refractivity contribution is -0.126. The molecule has 2 aliphatic heterocycles. The Labute approximate surface area is 175 Å². The highest BCUT2D eigenvalue weighted by molar-refractivity contribution is 6.00. The van der Waals surface area contributed by atoms with Crippen molar-refractivity contribution >= 4 is 17.5 Å². The number of rotatable bonds is 6. The molecule has 7 heteroatoms. The number of ether oxygens (including phenoxy) is 1. The molecule has 4 rings (SSSR count). The molecule has 1 N–H and O–H groups in total. The number of hydrogen-bond acceptors (Lipinski definition) is 4. The van der Waals surface area contributed by atoms with Crippen molar-refractivity contribution in [1.29, 1.82) is 0 Å². The number of benzene rings is 2. The van der Waals surface area contributed by atoms with E-state index in [9.17, 15) is 14.0 Å². The van der Waals surface area contributed by atoms with Gasteiger partial charge in [0.15, 0.2) is 0 Å². The fraction of sp³-hybridized carbons (Fsp3) is 0.391. The van der Waals surface area contributed by atoms with Gasteiger partial charge < -0.3 is 15.0 Å². The van der Waals surface area contributed by atoms with E-state index in [0.29, 0.717) is 6.54 Å². The van der Waals surface area contributed by atoms with Crippen LogP contribution in [0.5, 0.6) is 0 Å². The summed E-state index contributed by atoms with van der Waals surface area (Å²) in [5, 5.41) is 2.97. The van der Waals surface area contributed by atoms with Crippen LogP contribution in [0.15, 0.2) is 48.5 Å². The lowest BCUT2D eigenvalue weighted by atomic mass is 10.1. The number of carbonyl (C=O) groups is 2. The standard InChI is InChI=1S/C23H26FN3O3/c24-20-7-3-4-8-21(20)27-16-19(13-22(27)28)23(29)25-14-17-5-1-2-6-18(17)15-26-9-11-30-12-10-26/h1-8,19H,9-16H2,(H,25,29)/t19-/m1/s1. The van der Waals surface area contributed by atoms with Crippen LogP contribution in [-0.4, -0.2) is 49.6 Å². The summed E-state index contributed by atoms with van der Waals surface area (Å²) in [5.41, 5.74) is 2.47. The zero-order chi connectivity index (χ0) is 20.9. The molecular formula is C23H26FN3O3. The number of morpholine rings is 1. The second-order valence-corrected chi connectivity index (χ2v) is 7.73. The van der Waals surface area contributed by atoms with Crippen LogP contribution in [0.3, 0.4) is 0 Å². The largest absolute Gasteiger partial charge is 0.379 e. The number of nitrogens with one attached hydrogen (secondary N) is 1. The molecule has 2 heterocycles. The van der Waals surface area contributed by atoms with Crippen LogP contribution < -0.4 is 10.2 Å². The average molecular weight is 411 g/mol. The van der Waals surface area contributed by atoms with Crippen LogP contribution in [0.4, 0.5) is 10.1 Å². The number of para-hydroxylation sites is 1. The van der Waals surface area contributed by atoms with E-state index in [0.717, 1.165) is 38.4 Å². The summed E-state index contributed by atoms with van der Waals surface area (Å²) in [6.45, 7) is 4.71. The number of carbonyl (C=O) groups excluding carboxylic acids is 2. The molecule has 2 aromatic carbocycles. The topological polar surface area (TPSA) is 61.9 Å². The van der Waals surface area contributed by atoms with Crippen molar-refractivity contribution in [1.82, 2.24) is 10.2 Å². The Morgan fingerprint density at radius 3 is 2.53 bits per heavy atom. The number of halogens is 1. The molecule has 2 aromatic rings. The molecular weight excluding hydrogens is 385 g/mol. The number of amides is 2. The van der Waals surface area contributed by atoms with E-state index in [2.05, 4.69) is 16.3 Å². The molecule has 0 aromatic heterocycles. The minimum absolute atomic E-state index is 0.0928. The molecule has 2 saturated heterocycles. The van der Waals surface area contributed by atoms with E-state index >= 15 is 0 Å². The lowest BCUT2D eigenvalue weighted by Gasteiger charge is -2.27. The molecule has 2 fully saturated rings. The highest BCUT2D eigenvalue weighted by Crippen LogP contribution is 2.27. The molecule has 30 heavy (non-hydrogen) atoms. The molecule has 0 spiro atoms. The van der Waals surface area contributed by atoms with Crippen molar-refractivity contribution in [2.75, 3.05) is 37.7 Å². The summed E-state index contributed by atoms with van der Waals surface area (Å²) in [7, 11) is 0. The van der Waals surface area contributed by atoms with E-state index in [1.807, 2.05) is 18.2 Å². The van der Waals surface area contributed by atoms with Gasteiger partial charge in [0.1, 0.15) is 5.82 Å².